The summed E-state index contributed by atoms with van der Waals surface area (Å²) in [4.78, 5) is 0. The van der Waals surface area contributed by atoms with Gasteiger partial charge in [0, 0.05) is 0 Å². The normalized spacial score (nSPS) is 29.8. The molecular weight excluding hydrogens is 402 g/mol. The van der Waals surface area contributed by atoms with Gasteiger partial charge in [-0.05, 0) is 105 Å². The van der Waals surface area contributed by atoms with E-state index in [0.29, 0.717) is 12.2 Å². The zero-order valence-corrected chi connectivity index (χ0v) is 20.2. The second-order valence-electron chi connectivity index (χ2n) is 10.7. The van der Waals surface area contributed by atoms with Crippen LogP contribution in [0.1, 0.15) is 109 Å². The Morgan fingerprint density at radius 1 is 0.906 bits per heavy atom. The second kappa shape index (κ2) is 11.2. The molecule has 0 bridgehead atoms. The smallest absolute Gasteiger partial charge is 0.200 e. The first-order valence-electron chi connectivity index (χ1n) is 13.4. The number of fused-ring (bicyclic) bond motifs is 1. The van der Waals surface area contributed by atoms with E-state index < -0.39 is 11.6 Å². The number of unbranched alkanes of at least 4 members (excludes halogenated alkanes) is 1. The van der Waals surface area contributed by atoms with Gasteiger partial charge in [-0.3, -0.25) is 0 Å². The largest absolute Gasteiger partial charge is 0.490 e. The molecule has 1 nitrogen and oxygen atoms in total. The summed E-state index contributed by atoms with van der Waals surface area (Å²) < 4.78 is 34.7. The van der Waals surface area contributed by atoms with E-state index in [0.717, 1.165) is 62.2 Å². The molecule has 32 heavy (non-hydrogen) atoms. The average molecular weight is 445 g/mol. The van der Waals surface area contributed by atoms with Crippen molar-refractivity contribution in [2.45, 2.75) is 103 Å². The molecule has 4 rings (SSSR count). The van der Waals surface area contributed by atoms with Crippen molar-refractivity contribution in [3.8, 4) is 5.75 Å². The average Bonchev–Trinajstić information content (AvgIpc) is 3.39. The van der Waals surface area contributed by atoms with Gasteiger partial charge in [0.15, 0.2) is 11.6 Å². The van der Waals surface area contributed by atoms with E-state index in [4.69, 9.17) is 4.74 Å². The fourth-order valence-electron chi connectivity index (χ4n) is 6.86. The highest BCUT2D eigenvalue weighted by Crippen LogP contribution is 2.51. The molecule has 0 spiro atoms. The van der Waals surface area contributed by atoms with Gasteiger partial charge in [0.25, 0.3) is 0 Å². The zero-order chi connectivity index (χ0) is 22.5. The molecule has 3 heteroatoms. The zero-order valence-electron chi connectivity index (χ0n) is 20.2. The second-order valence-corrected chi connectivity index (χ2v) is 10.7. The number of benzene rings is 1. The predicted octanol–water partition coefficient (Wildman–Crippen LogP) is 8.97. The molecule has 3 atom stereocenters. The van der Waals surface area contributed by atoms with Crippen LogP contribution >= 0.6 is 0 Å². The molecule has 2 fully saturated rings. The van der Waals surface area contributed by atoms with E-state index in [1.165, 1.54) is 44.9 Å². The van der Waals surface area contributed by atoms with E-state index in [2.05, 4.69) is 19.9 Å². The van der Waals surface area contributed by atoms with Crippen molar-refractivity contribution in [1.29, 1.82) is 0 Å². The summed E-state index contributed by atoms with van der Waals surface area (Å²) in [5.74, 6) is 2.23. The lowest BCUT2D eigenvalue weighted by Gasteiger charge is -2.30. The number of rotatable bonds is 10. The van der Waals surface area contributed by atoms with Crippen LogP contribution in [0.25, 0.3) is 0 Å². The first kappa shape index (κ1) is 23.8. The van der Waals surface area contributed by atoms with Crippen molar-refractivity contribution in [3.63, 3.8) is 0 Å². The lowest BCUT2D eigenvalue weighted by molar-refractivity contribution is 0.282. The molecule has 0 aromatic heterocycles. The summed E-state index contributed by atoms with van der Waals surface area (Å²) in [6.45, 7) is 4.82. The van der Waals surface area contributed by atoms with Gasteiger partial charge in [-0.25, -0.2) is 4.39 Å². The summed E-state index contributed by atoms with van der Waals surface area (Å²) in [7, 11) is 0. The van der Waals surface area contributed by atoms with Crippen molar-refractivity contribution in [1.82, 2.24) is 0 Å². The van der Waals surface area contributed by atoms with Crippen LogP contribution in [0.2, 0.25) is 0 Å². The maximum atomic E-state index is 14.8. The van der Waals surface area contributed by atoms with Crippen LogP contribution in [0.3, 0.4) is 0 Å². The lowest BCUT2D eigenvalue weighted by Crippen LogP contribution is -2.16. The Balaban J connectivity index is 1.25. The SMILES string of the molecule is CCCCOc1ccc(C2CCC(CCC3=CCC4C(CCC)CCC34)CC2)c(F)c1F. The van der Waals surface area contributed by atoms with Crippen LogP contribution in [-0.4, -0.2) is 6.61 Å². The third kappa shape index (κ3) is 5.23. The number of hydrogen-bond donors (Lipinski definition) is 0. The van der Waals surface area contributed by atoms with Crippen LogP contribution in [-0.2, 0) is 0 Å². The summed E-state index contributed by atoms with van der Waals surface area (Å²) >= 11 is 0. The van der Waals surface area contributed by atoms with Crippen molar-refractivity contribution >= 4 is 0 Å². The molecule has 178 valence electrons. The van der Waals surface area contributed by atoms with Gasteiger partial charge >= 0.3 is 0 Å². The van der Waals surface area contributed by atoms with Gasteiger partial charge in [-0.2, -0.15) is 4.39 Å². The summed E-state index contributed by atoms with van der Waals surface area (Å²) in [6, 6.07) is 3.40. The van der Waals surface area contributed by atoms with E-state index in [1.54, 1.807) is 17.7 Å². The molecule has 2 saturated carbocycles. The molecule has 0 aliphatic heterocycles. The minimum absolute atomic E-state index is 0.0598. The van der Waals surface area contributed by atoms with Gasteiger partial charge in [-0.15, -0.1) is 0 Å². The number of hydrogen-bond acceptors (Lipinski definition) is 1. The third-order valence-corrected chi connectivity index (χ3v) is 8.72. The highest BCUT2D eigenvalue weighted by molar-refractivity contribution is 5.33. The van der Waals surface area contributed by atoms with Gasteiger partial charge in [0.1, 0.15) is 0 Å². The third-order valence-electron chi connectivity index (χ3n) is 8.72. The predicted molar refractivity (Wildman–Crippen MR) is 128 cm³/mol. The molecule has 0 N–H and O–H groups in total. The van der Waals surface area contributed by atoms with Crippen molar-refractivity contribution in [2.24, 2.45) is 23.7 Å². The first-order chi connectivity index (χ1) is 15.6. The fraction of sp³-hybridized carbons (Fsp3) is 0.724. The van der Waals surface area contributed by atoms with Crippen molar-refractivity contribution < 1.29 is 13.5 Å². The summed E-state index contributed by atoms with van der Waals surface area (Å²) in [5.41, 5.74) is 2.31. The minimum Gasteiger partial charge on any atom is -0.490 e. The number of halogens is 2. The van der Waals surface area contributed by atoms with Crippen LogP contribution in [0.4, 0.5) is 8.78 Å². The molecule has 3 unspecified atom stereocenters. The Bertz CT molecular complexity index is 778. The Morgan fingerprint density at radius 3 is 2.47 bits per heavy atom. The molecule has 0 saturated heterocycles. The molecule has 0 heterocycles. The number of allylic oxidation sites excluding steroid dienone is 2. The summed E-state index contributed by atoms with van der Waals surface area (Å²) in [6.07, 6.45) is 18.1. The van der Waals surface area contributed by atoms with E-state index in [9.17, 15) is 8.78 Å². The lowest BCUT2D eigenvalue weighted by atomic mass is 9.76. The van der Waals surface area contributed by atoms with E-state index in [-0.39, 0.29) is 11.7 Å². The summed E-state index contributed by atoms with van der Waals surface area (Å²) in [5, 5.41) is 0. The van der Waals surface area contributed by atoms with E-state index in [1.807, 2.05) is 0 Å². The molecule has 1 aromatic carbocycles. The van der Waals surface area contributed by atoms with Gasteiger partial charge in [0.05, 0.1) is 6.61 Å². The van der Waals surface area contributed by atoms with Crippen molar-refractivity contribution in [2.75, 3.05) is 6.61 Å². The Morgan fingerprint density at radius 2 is 1.72 bits per heavy atom. The Hall–Kier alpha value is -1.38. The molecule has 3 aliphatic rings. The van der Waals surface area contributed by atoms with Crippen LogP contribution in [0.15, 0.2) is 23.8 Å². The molecule has 0 radical (unpaired) electrons. The topological polar surface area (TPSA) is 9.23 Å². The van der Waals surface area contributed by atoms with E-state index >= 15 is 0 Å². The maximum Gasteiger partial charge on any atom is 0.200 e. The Labute approximate surface area is 194 Å². The maximum absolute atomic E-state index is 14.8. The first-order valence-corrected chi connectivity index (χ1v) is 13.4. The van der Waals surface area contributed by atoms with Crippen molar-refractivity contribution in [3.05, 3.63) is 41.0 Å². The fourth-order valence-corrected chi connectivity index (χ4v) is 6.86. The molecule has 3 aliphatic carbocycles. The monoisotopic (exact) mass is 444 g/mol. The quantitative estimate of drug-likeness (QED) is 0.258. The minimum atomic E-state index is -0.804. The van der Waals surface area contributed by atoms with Gasteiger partial charge < -0.3 is 4.74 Å². The van der Waals surface area contributed by atoms with Gasteiger partial charge in [0.2, 0.25) is 5.82 Å². The van der Waals surface area contributed by atoms with Gasteiger partial charge in [-0.1, -0.05) is 50.8 Å². The highest BCUT2D eigenvalue weighted by atomic mass is 19.2. The highest BCUT2D eigenvalue weighted by Gasteiger charge is 2.39. The number of ether oxygens (including phenoxy) is 1. The standard InChI is InChI=1S/C29H42F2O/c1-3-5-19-32-27-18-17-26(28(30)29(27)31)23-11-8-20(9-12-23)7-10-22-14-16-24-21(6-4-2)13-15-25(22)24/h14,17-18,20-21,23-25H,3-13,15-16,19H2,1-2H3. The van der Waals surface area contributed by atoms with Crippen LogP contribution in [0.5, 0.6) is 5.75 Å². The Kier molecular flexibility index (Phi) is 8.29. The molecular formula is C29H42F2O. The molecule has 1 aromatic rings. The van der Waals surface area contributed by atoms with Crippen LogP contribution in [0, 0.1) is 35.3 Å². The molecule has 0 amide bonds. The van der Waals surface area contributed by atoms with Crippen LogP contribution < -0.4 is 4.74 Å².